The lowest BCUT2D eigenvalue weighted by Crippen LogP contribution is -2.47. The number of alkyl halides is 2. The van der Waals surface area contributed by atoms with Crippen LogP contribution in [0.25, 0.3) is 0 Å². The van der Waals surface area contributed by atoms with Crippen molar-refractivity contribution < 1.29 is 18.3 Å². The number of nitrogens with two attached hydrogens (primary N) is 1. The Balaban J connectivity index is 2.88. The van der Waals surface area contributed by atoms with E-state index >= 15 is 0 Å². The van der Waals surface area contributed by atoms with Gasteiger partial charge in [0.05, 0.1) is 0 Å². The highest BCUT2D eigenvalue weighted by atomic mass is 35.5. The van der Waals surface area contributed by atoms with Gasteiger partial charge in [-0.2, -0.15) is 8.78 Å². The minimum absolute atomic E-state index is 0.171. The molecule has 0 bridgehead atoms. The molecule has 0 heterocycles. The Kier molecular flexibility index (Phi) is 3.66. The first-order valence-corrected chi connectivity index (χ1v) is 4.58. The smallest absolute Gasteiger partial charge is 0.425 e. The minimum Gasteiger partial charge on any atom is -0.425 e. The molecule has 0 aliphatic rings. The Hall–Kier alpha value is -1.40. The summed E-state index contributed by atoms with van der Waals surface area (Å²) in [6.07, 6.45) is -4.02. The van der Waals surface area contributed by atoms with Crippen LogP contribution < -0.4 is 16.0 Å². The van der Waals surface area contributed by atoms with Crippen LogP contribution in [0.15, 0.2) is 18.2 Å². The molecule has 0 atom stereocenters. The predicted octanol–water partition coefficient (Wildman–Crippen LogP) is 1.61. The number of hydrogen-bond donors (Lipinski definition) is 2. The van der Waals surface area contributed by atoms with E-state index < -0.39 is 12.0 Å². The van der Waals surface area contributed by atoms with Crippen molar-refractivity contribution in [3.8, 4) is 5.75 Å². The van der Waals surface area contributed by atoms with Gasteiger partial charge in [-0.1, -0.05) is 11.6 Å². The second-order valence-corrected chi connectivity index (χ2v) is 3.41. The Labute approximate surface area is 95.3 Å². The average molecular weight is 251 g/mol. The van der Waals surface area contributed by atoms with Crippen molar-refractivity contribution in [1.29, 1.82) is 0 Å². The lowest BCUT2D eigenvalue weighted by atomic mass is 10.2. The molecule has 7 heteroatoms. The maximum Gasteiger partial charge on any atom is 0.483 e. The van der Waals surface area contributed by atoms with Crippen LogP contribution in [0.3, 0.4) is 0 Å². The van der Waals surface area contributed by atoms with Crippen molar-refractivity contribution in [2.45, 2.75) is 13.0 Å². The van der Waals surface area contributed by atoms with Gasteiger partial charge in [-0.05, 0) is 30.7 Å². The summed E-state index contributed by atoms with van der Waals surface area (Å²) in [5.74, 6) is 2.69. The Morgan fingerprint density at radius 3 is 2.69 bits per heavy atom. The Morgan fingerprint density at radius 1 is 1.56 bits per heavy atom. The molecule has 88 valence electrons. The molecule has 0 unspecified atom stereocenters. The standard InChI is InChI=1S/C9H9ClF2N2O2/c1-5-4-6(2-3-7(5)10)16-9(11,12)8(15)14-13/h2-4H,13H2,1H3,(H,14,15). The third-order valence-corrected chi connectivity index (χ3v) is 2.19. The Morgan fingerprint density at radius 2 is 2.19 bits per heavy atom. The summed E-state index contributed by atoms with van der Waals surface area (Å²) in [7, 11) is 0. The van der Waals surface area contributed by atoms with Gasteiger partial charge in [0.2, 0.25) is 0 Å². The van der Waals surface area contributed by atoms with Crippen LogP contribution in [0, 0.1) is 6.92 Å². The zero-order chi connectivity index (χ0) is 12.3. The molecule has 1 aromatic rings. The number of carbonyl (C=O) groups excluding carboxylic acids is 1. The third kappa shape index (κ3) is 2.80. The predicted molar refractivity (Wildman–Crippen MR) is 54.1 cm³/mol. The number of nitrogens with one attached hydrogen (secondary N) is 1. The molecule has 0 aliphatic carbocycles. The molecular weight excluding hydrogens is 242 g/mol. The molecule has 0 radical (unpaired) electrons. The van der Waals surface area contributed by atoms with Gasteiger partial charge in [0, 0.05) is 5.02 Å². The van der Waals surface area contributed by atoms with Crippen LogP contribution in [0.2, 0.25) is 5.02 Å². The summed E-state index contributed by atoms with van der Waals surface area (Å²) in [6, 6.07) is 3.91. The Bertz CT molecular complexity index is 412. The highest BCUT2D eigenvalue weighted by Gasteiger charge is 2.41. The number of aryl methyl sites for hydroxylation is 1. The van der Waals surface area contributed by atoms with E-state index in [0.29, 0.717) is 10.6 Å². The van der Waals surface area contributed by atoms with Gasteiger partial charge >= 0.3 is 12.0 Å². The van der Waals surface area contributed by atoms with Crippen LogP contribution in [-0.2, 0) is 4.79 Å². The van der Waals surface area contributed by atoms with Gasteiger partial charge in [-0.25, -0.2) is 5.84 Å². The zero-order valence-corrected chi connectivity index (χ0v) is 9.02. The van der Waals surface area contributed by atoms with E-state index in [4.69, 9.17) is 11.6 Å². The lowest BCUT2D eigenvalue weighted by molar-refractivity contribution is -0.192. The number of hydrazine groups is 1. The fraction of sp³-hybridized carbons (Fsp3) is 0.222. The van der Waals surface area contributed by atoms with Crippen molar-refractivity contribution in [2.75, 3.05) is 0 Å². The van der Waals surface area contributed by atoms with Crippen LogP contribution in [0.5, 0.6) is 5.75 Å². The fourth-order valence-corrected chi connectivity index (χ4v) is 1.08. The first-order chi connectivity index (χ1) is 7.36. The van der Waals surface area contributed by atoms with Crippen molar-refractivity contribution in [3.63, 3.8) is 0 Å². The number of rotatable bonds is 3. The number of carbonyl (C=O) groups is 1. The van der Waals surface area contributed by atoms with E-state index in [1.54, 1.807) is 6.92 Å². The summed E-state index contributed by atoms with van der Waals surface area (Å²) in [4.78, 5) is 10.7. The van der Waals surface area contributed by atoms with Crippen molar-refractivity contribution in [3.05, 3.63) is 28.8 Å². The second kappa shape index (κ2) is 4.63. The van der Waals surface area contributed by atoms with Crippen LogP contribution in [0.1, 0.15) is 5.56 Å². The first kappa shape index (κ1) is 12.7. The van der Waals surface area contributed by atoms with Crippen molar-refractivity contribution in [1.82, 2.24) is 5.43 Å². The summed E-state index contributed by atoms with van der Waals surface area (Å²) in [5, 5.41) is 0.416. The molecule has 0 aliphatic heterocycles. The van der Waals surface area contributed by atoms with E-state index in [9.17, 15) is 13.6 Å². The van der Waals surface area contributed by atoms with Gasteiger partial charge in [0.1, 0.15) is 5.75 Å². The molecule has 1 rings (SSSR count). The molecule has 0 saturated carbocycles. The molecule has 4 nitrogen and oxygen atoms in total. The monoisotopic (exact) mass is 250 g/mol. The fourth-order valence-electron chi connectivity index (χ4n) is 0.959. The zero-order valence-electron chi connectivity index (χ0n) is 8.26. The molecule has 3 N–H and O–H groups in total. The molecule has 16 heavy (non-hydrogen) atoms. The van der Waals surface area contributed by atoms with Crippen LogP contribution in [0.4, 0.5) is 8.78 Å². The highest BCUT2D eigenvalue weighted by Crippen LogP contribution is 2.25. The van der Waals surface area contributed by atoms with Crippen molar-refractivity contribution in [2.24, 2.45) is 5.84 Å². The maximum absolute atomic E-state index is 13.0. The molecule has 1 amide bonds. The summed E-state index contributed by atoms with van der Waals surface area (Å²) >= 11 is 5.70. The summed E-state index contributed by atoms with van der Waals surface area (Å²) in [5.41, 5.74) is 1.87. The summed E-state index contributed by atoms with van der Waals surface area (Å²) < 4.78 is 30.2. The van der Waals surface area contributed by atoms with Crippen LogP contribution >= 0.6 is 11.6 Å². The quantitative estimate of drug-likeness (QED) is 0.487. The molecule has 0 saturated heterocycles. The number of halogens is 3. The minimum atomic E-state index is -4.02. The largest absolute Gasteiger partial charge is 0.483 e. The first-order valence-electron chi connectivity index (χ1n) is 4.21. The van der Waals surface area contributed by atoms with Gasteiger partial charge in [0.15, 0.2) is 0 Å². The van der Waals surface area contributed by atoms with Gasteiger partial charge < -0.3 is 4.74 Å². The lowest BCUT2D eigenvalue weighted by Gasteiger charge is -2.16. The highest BCUT2D eigenvalue weighted by molar-refractivity contribution is 6.31. The number of amides is 1. The molecule has 1 aromatic carbocycles. The molecule has 0 spiro atoms. The van der Waals surface area contributed by atoms with E-state index in [2.05, 4.69) is 10.6 Å². The van der Waals surface area contributed by atoms with Gasteiger partial charge in [-0.15, -0.1) is 0 Å². The van der Waals surface area contributed by atoms with Gasteiger partial charge in [-0.3, -0.25) is 10.2 Å². The number of hydrogen-bond acceptors (Lipinski definition) is 3. The van der Waals surface area contributed by atoms with E-state index in [1.807, 2.05) is 0 Å². The van der Waals surface area contributed by atoms with E-state index in [1.165, 1.54) is 23.6 Å². The normalized spacial score (nSPS) is 11.1. The molecule has 0 fully saturated rings. The second-order valence-electron chi connectivity index (χ2n) is 3.00. The third-order valence-electron chi connectivity index (χ3n) is 1.77. The number of ether oxygens (including phenoxy) is 1. The average Bonchev–Trinajstić information content (AvgIpc) is 2.22. The molecule has 0 aromatic heterocycles. The van der Waals surface area contributed by atoms with E-state index in [0.717, 1.165) is 0 Å². The number of benzene rings is 1. The summed E-state index contributed by atoms with van der Waals surface area (Å²) in [6.45, 7) is 1.62. The molecular formula is C9H9ClF2N2O2. The SMILES string of the molecule is Cc1cc(OC(F)(F)C(=O)NN)ccc1Cl. The maximum atomic E-state index is 13.0. The van der Waals surface area contributed by atoms with E-state index in [-0.39, 0.29) is 5.75 Å². The van der Waals surface area contributed by atoms with Crippen LogP contribution in [-0.4, -0.2) is 12.0 Å². The van der Waals surface area contributed by atoms with Gasteiger partial charge in [0.25, 0.3) is 0 Å². The van der Waals surface area contributed by atoms with Crippen molar-refractivity contribution >= 4 is 17.5 Å². The topological polar surface area (TPSA) is 64.3 Å².